The van der Waals surface area contributed by atoms with Gasteiger partial charge in [-0.15, -0.1) is 0 Å². The van der Waals surface area contributed by atoms with E-state index in [0.717, 1.165) is 0 Å². The van der Waals surface area contributed by atoms with Gasteiger partial charge < -0.3 is 19.7 Å². The van der Waals surface area contributed by atoms with Crippen LogP contribution in [0.15, 0.2) is 0 Å². The fourth-order valence-corrected chi connectivity index (χ4v) is 2.25. The topological polar surface area (TPSA) is 84.9 Å². The van der Waals surface area contributed by atoms with Crippen LogP contribution in [0.3, 0.4) is 0 Å². The number of carbonyl (C=O) groups excluding carboxylic acids is 3. The molecule has 1 N–H and O–H groups in total. The lowest BCUT2D eigenvalue weighted by Gasteiger charge is -2.30. The number of nitrogens with zero attached hydrogens (tertiary/aromatic N) is 1. The average molecular weight is 300 g/mol. The molecule has 0 bridgehead atoms. The molecule has 1 fully saturated rings. The fourth-order valence-electron chi connectivity index (χ4n) is 2.25. The predicted molar refractivity (Wildman–Crippen MR) is 75.4 cm³/mol. The minimum Gasteiger partial charge on any atom is -0.466 e. The Hall–Kier alpha value is -1.63. The molecule has 0 spiro atoms. The van der Waals surface area contributed by atoms with Gasteiger partial charge in [-0.1, -0.05) is 0 Å². The predicted octanol–water partition coefficient (Wildman–Crippen LogP) is -0.0592. The molecule has 0 radical (unpaired) electrons. The van der Waals surface area contributed by atoms with Crippen molar-refractivity contribution < 1.29 is 23.9 Å². The van der Waals surface area contributed by atoms with Crippen molar-refractivity contribution in [3.63, 3.8) is 0 Å². The second-order valence-corrected chi connectivity index (χ2v) is 4.94. The highest BCUT2D eigenvalue weighted by molar-refractivity contribution is 6.35. The highest BCUT2D eigenvalue weighted by atomic mass is 16.5. The summed E-state index contributed by atoms with van der Waals surface area (Å²) < 4.78 is 9.84. The third kappa shape index (κ3) is 5.71. The summed E-state index contributed by atoms with van der Waals surface area (Å²) in [6, 6.07) is 0. The second-order valence-electron chi connectivity index (χ2n) is 4.94. The minimum absolute atomic E-state index is 0.253. The molecule has 0 saturated carbocycles. The number of ether oxygens (including phenoxy) is 2. The first-order valence-electron chi connectivity index (χ1n) is 7.32. The summed E-state index contributed by atoms with van der Waals surface area (Å²) in [5.74, 6) is -1.84. The zero-order chi connectivity index (χ0) is 15.7. The number of hydrogen-bond acceptors (Lipinski definition) is 5. The van der Waals surface area contributed by atoms with E-state index in [0.29, 0.717) is 45.6 Å². The number of likely N-dealkylation sites (tertiary alicyclic amines) is 1. The van der Waals surface area contributed by atoms with Crippen molar-refractivity contribution in [2.75, 3.05) is 40.0 Å². The van der Waals surface area contributed by atoms with E-state index in [1.54, 1.807) is 14.0 Å². The molecule has 1 heterocycles. The largest absolute Gasteiger partial charge is 0.466 e. The van der Waals surface area contributed by atoms with Crippen LogP contribution in [-0.4, -0.2) is 62.6 Å². The van der Waals surface area contributed by atoms with Gasteiger partial charge in [0.25, 0.3) is 0 Å². The van der Waals surface area contributed by atoms with Crippen LogP contribution in [0.4, 0.5) is 0 Å². The molecule has 0 aromatic heterocycles. The van der Waals surface area contributed by atoms with Gasteiger partial charge in [-0.2, -0.15) is 0 Å². The quantitative estimate of drug-likeness (QED) is 0.422. The molecule has 0 aromatic carbocycles. The van der Waals surface area contributed by atoms with Crippen LogP contribution in [0, 0.1) is 5.92 Å². The minimum atomic E-state index is -0.629. The number of hydrogen-bond donors (Lipinski definition) is 1. The van der Waals surface area contributed by atoms with E-state index in [1.165, 1.54) is 4.90 Å². The smallest absolute Gasteiger partial charge is 0.311 e. The number of nitrogens with one attached hydrogen (secondary N) is 1. The first-order chi connectivity index (χ1) is 10.1. The Labute approximate surface area is 124 Å². The highest BCUT2D eigenvalue weighted by Gasteiger charge is 2.31. The summed E-state index contributed by atoms with van der Waals surface area (Å²) in [5, 5.41) is 2.56. The lowest BCUT2D eigenvalue weighted by molar-refractivity contribution is -0.154. The van der Waals surface area contributed by atoms with Crippen molar-refractivity contribution in [2.24, 2.45) is 5.92 Å². The van der Waals surface area contributed by atoms with Crippen molar-refractivity contribution in [3.05, 3.63) is 0 Å². The van der Waals surface area contributed by atoms with Crippen LogP contribution >= 0.6 is 0 Å². The SMILES string of the molecule is CCOC(=O)C1CCCN(C(=O)C(=O)NCCCOC)C1. The Bertz CT molecular complexity index is 372. The van der Waals surface area contributed by atoms with Gasteiger partial charge in [0.05, 0.1) is 12.5 Å². The Kier molecular flexibility index (Phi) is 7.74. The van der Waals surface area contributed by atoms with Crippen LogP contribution in [0.1, 0.15) is 26.2 Å². The van der Waals surface area contributed by atoms with E-state index in [2.05, 4.69) is 5.32 Å². The molecule has 7 nitrogen and oxygen atoms in total. The number of piperidine rings is 1. The summed E-state index contributed by atoms with van der Waals surface area (Å²) >= 11 is 0. The highest BCUT2D eigenvalue weighted by Crippen LogP contribution is 2.18. The third-order valence-electron chi connectivity index (χ3n) is 3.33. The molecule has 0 aliphatic carbocycles. The van der Waals surface area contributed by atoms with Crippen molar-refractivity contribution in [1.82, 2.24) is 10.2 Å². The van der Waals surface area contributed by atoms with E-state index < -0.39 is 11.8 Å². The lowest BCUT2D eigenvalue weighted by atomic mass is 9.98. The molecule has 7 heteroatoms. The molecule has 2 amide bonds. The maximum atomic E-state index is 12.0. The Morgan fingerprint density at radius 1 is 1.33 bits per heavy atom. The number of carbonyl (C=O) groups is 3. The molecule has 1 unspecified atom stereocenters. The van der Waals surface area contributed by atoms with Crippen LogP contribution in [-0.2, 0) is 23.9 Å². The third-order valence-corrected chi connectivity index (χ3v) is 3.33. The molecule has 1 saturated heterocycles. The molecule has 0 aromatic rings. The van der Waals surface area contributed by atoms with Crippen LogP contribution < -0.4 is 5.32 Å². The van der Waals surface area contributed by atoms with Crippen LogP contribution in [0.5, 0.6) is 0 Å². The van der Waals surface area contributed by atoms with Gasteiger partial charge in [-0.3, -0.25) is 14.4 Å². The zero-order valence-electron chi connectivity index (χ0n) is 12.7. The van der Waals surface area contributed by atoms with Crippen LogP contribution in [0.25, 0.3) is 0 Å². The van der Waals surface area contributed by atoms with Crippen molar-refractivity contribution in [2.45, 2.75) is 26.2 Å². The van der Waals surface area contributed by atoms with Crippen molar-refractivity contribution in [1.29, 1.82) is 0 Å². The van der Waals surface area contributed by atoms with Crippen molar-refractivity contribution in [3.8, 4) is 0 Å². The van der Waals surface area contributed by atoms with Gasteiger partial charge in [0, 0.05) is 33.4 Å². The molecule has 120 valence electrons. The van der Waals surface area contributed by atoms with E-state index in [9.17, 15) is 14.4 Å². The molecule has 1 atom stereocenters. The van der Waals surface area contributed by atoms with Crippen LogP contribution in [0.2, 0.25) is 0 Å². The molecule has 1 aliphatic rings. The maximum Gasteiger partial charge on any atom is 0.311 e. The van der Waals surface area contributed by atoms with Gasteiger partial charge in [-0.05, 0) is 26.2 Å². The number of methoxy groups -OCH3 is 1. The Balaban J connectivity index is 2.42. The molecular weight excluding hydrogens is 276 g/mol. The van der Waals surface area contributed by atoms with E-state index >= 15 is 0 Å². The summed E-state index contributed by atoms with van der Waals surface area (Å²) in [4.78, 5) is 36.9. The second kappa shape index (κ2) is 9.33. The first kappa shape index (κ1) is 17.4. The fraction of sp³-hybridized carbons (Fsp3) is 0.786. The van der Waals surface area contributed by atoms with Gasteiger partial charge in [-0.25, -0.2) is 0 Å². The molecule has 1 rings (SSSR count). The number of esters is 1. The molecular formula is C14H24N2O5. The molecule has 1 aliphatic heterocycles. The van der Waals surface area contributed by atoms with Gasteiger partial charge in [0.15, 0.2) is 0 Å². The summed E-state index contributed by atoms with van der Waals surface area (Å²) in [6.07, 6.45) is 2.05. The number of amides is 2. The lowest BCUT2D eigenvalue weighted by Crippen LogP contribution is -2.48. The monoisotopic (exact) mass is 300 g/mol. The van der Waals surface area contributed by atoms with Crippen molar-refractivity contribution >= 4 is 17.8 Å². The molecule has 21 heavy (non-hydrogen) atoms. The maximum absolute atomic E-state index is 12.0. The zero-order valence-corrected chi connectivity index (χ0v) is 12.7. The van der Waals surface area contributed by atoms with Gasteiger partial charge in [0.1, 0.15) is 0 Å². The Morgan fingerprint density at radius 2 is 2.10 bits per heavy atom. The van der Waals surface area contributed by atoms with E-state index in [4.69, 9.17) is 9.47 Å². The normalized spacial score (nSPS) is 18.2. The summed E-state index contributed by atoms with van der Waals surface area (Å²) in [5.41, 5.74) is 0. The summed E-state index contributed by atoms with van der Waals surface area (Å²) in [6.45, 7) is 3.75. The van der Waals surface area contributed by atoms with E-state index in [1.807, 2.05) is 0 Å². The standard InChI is InChI=1S/C14H24N2O5/c1-3-21-14(19)11-6-4-8-16(10-11)13(18)12(17)15-7-5-9-20-2/h11H,3-10H2,1-2H3,(H,15,17). The average Bonchev–Trinajstić information content (AvgIpc) is 2.51. The van der Waals surface area contributed by atoms with Gasteiger partial charge >= 0.3 is 17.8 Å². The Morgan fingerprint density at radius 3 is 2.76 bits per heavy atom. The van der Waals surface area contributed by atoms with E-state index in [-0.39, 0.29) is 18.4 Å². The first-order valence-corrected chi connectivity index (χ1v) is 7.32. The van der Waals surface area contributed by atoms with Gasteiger partial charge in [0.2, 0.25) is 0 Å². The summed E-state index contributed by atoms with van der Waals surface area (Å²) in [7, 11) is 1.58. The number of rotatable bonds is 6.